The Labute approximate surface area is 109 Å². The van der Waals surface area contributed by atoms with Crippen molar-refractivity contribution in [2.24, 2.45) is 0 Å². The summed E-state index contributed by atoms with van der Waals surface area (Å²) < 4.78 is 38.3. The molecule has 3 heteroatoms. The monoisotopic (exact) mass is 261 g/mol. The fourth-order valence-electron chi connectivity index (χ4n) is 2.65. The van der Waals surface area contributed by atoms with Crippen molar-refractivity contribution in [3.8, 4) is 0 Å². The molecule has 0 nitrogen and oxygen atoms in total. The molecule has 0 bridgehead atoms. The van der Waals surface area contributed by atoms with Gasteiger partial charge in [0.05, 0.1) is 23.1 Å². The molecule has 1 aliphatic rings. The lowest BCUT2D eigenvalue weighted by Gasteiger charge is -2.20. The zero-order valence-corrected chi connectivity index (χ0v) is 10.4. The Kier molecular flexibility index (Phi) is 2.59. The molecule has 96 valence electrons. The van der Waals surface area contributed by atoms with Crippen LogP contribution in [0, 0.1) is 5.92 Å². The SMILES string of the molecule is C[C+]1c2ccccc2Cc2ccc(C(F)(F)F)cc21. The van der Waals surface area contributed by atoms with Crippen LogP contribution in [-0.2, 0) is 12.6 Å². The number of alkyl halides is 3. The van der Waals surface area contributed by atoms with Crippen molar-refractivity contribution in [3.63, 3.8) is 0 Å². The van der Waals surface area contributed by atoms with Crippen LogP contribution in [0.15, 0.2) is 42.5 Å². The largest absolute Gasteiger partial charge is 0.423 e. The van der Waals surface area contributed by atoms with Crippen LogP contribution >= 0.6 is 0 Å². The summed E-state index contributed by atoms with van der Waals surface area (Å²) in [5, 5.41) is 0. The quantitative estimate of drug-likeness (QED) is 0.608. The maximum absolute atomic E-state index is 12.8. The third-order valence-corrected chi connectivity index (χ3v) is 3.64. The molecular weight excluding hydrogens is 249 g/mol. The topological polar surface area (TPSA) is 0 Å². The van der Waals surface area contributed by atoms with Gasteiger partial charge in [0.25, 0.3) is 0 Å². The highest BCUT2D eigenvalue weighted by Gasteiger charge is 2.36. The second kappa shape index (κ2) is 4.05. The first kappa shape index (κ1) is 12.2. The van der Waals surface area contributed by atoms with Gasteiger partial charge in [-0.05, 0) is 37.3 Å². The fourth-order valence-corrected chi connectivity index (χ4v) is 2.65. The molecule has 3 rings (SSSR count). The van der Waals surface area contributed by atoms with Gasteiger partial charge < -0.3 is 0 Å². The number of fused-ring (bicyclic) bond motifs is 2. The lowest BCUT2D eigenvalue weighted by Crippen LogP contribution is -2.14. The minimum Gasteiger partial charge on any atom is -0.165 e. The Morgan fingerprint density at radius 3 is 2.37 bits per heavy atom. The molecule has 0 radical (unpaired) electrons. The predicted octanol–water partition coefficient (Wildman–Crippen LogP) is 4.60. The molecule has 0 amide bonds. The summed E-state index contributed by atoms with van der Waals surface area (Å²) in [6.45, 7) is 1.89. The highest BCUT2D eigenvalue weighted by atomic mass is 19.4. The maximum atomic E-state index is 12.8. The number of benzene rings is 2. The van der Waals surface area contributed by atoms with Gasteiger partial charge >= 0.3 is 6.18 Å². The first-order valence-electron chi connectivity index (χ1n) is 6.09. The van der Waals surface area contributed by atoms with E-state index >= 15 is 0 Å². The van der Waals surface area contributed by atoms with Gasteiger partial charge in [0, 0.05) is 29.2 Å². The third-order valence-electron chi connectivity index (χ3n) is 3.64. The summed E-state index contributed by atoms with van der Waals surface area (Å²) in [7, 11) is 0. The maximum Gasteiger partial charge on any atom is 0.423 e. The Morgan fingerprint density at radius 2 is 1.63 bits per heavy atom. The minimum absolute atomic E-state index is 0.579. The molecule has 0 atom stereocenters. The zero-order chi connectivity index (χ0) is 13.6. The second-order valence-electron chi connectivity index (χ2n) is 4.83. The molecule has 1 aliphatic carbocycles. The summed E-state index contributed by atoms with van der Waals surface area (Å²) in [6.07, 6.45) is -3.59. The van der Waals surface area contributed by atoms with Gasteiger partial charge in [-0.25, -0.2) is 0 Å². The van der Waals surface area contributed by atoms with Crippen LogP contribution in [0.2, 0.25) is 0 Å². The summed E-state index contributed by atoms with van der Waals surface area (Å²) in [4.78, 5) is 0. The van der Waals surface area contributed by atoms with Crippen molar-refractivity contribution in [2.75, 3.05) is 0 Å². The summed E-state index contributed by atoms with van der Waals surface area (Å²) in [5.74, 6) is 0.919. The Morgan fingerprint density at radius 1 is 0.947 bits per heavy atom. The average molecular weight is 261 g/mol. The minimum atomic E-state index is -4.29. The van der Waals surface area contributed by atoms with E-state index in [9.17, 15) is 13.2 Å². The second-order valence-corrected chi connectivity index (χ2v) is 4.83. The van der Waals surface area contributed by atoms with Gasteiger partial charge in [-0.3, -0.25) is 0 Å². The van der Waals surface area contributed by atoms with Crippen molar-refractivity contribution < 1.29 is 13.2 Å². The van der Waals surface area contributed by atoms with Crippen LogP contribution in [0.4, 0.5) is 13.2 Å². The molecule has 0 saturated heterocycles. The molecule has 0 aliphatic heterocycles. The standard InChI is InChI=1S/C16H12F3/c1-10-14-5-3-2-4-11(14)8-12-6-7-13(9-15(10)12)16(17,18)19/h2-7,9H,8H2,1H3/q+1. The van der Waals surface area contributed by atoms with E-state index in [4.69, 9.17) is 0 Å². The highest BCUT2D eigenvalue weighted by Crippen LogP contribution is 2.38. The Bertz CT molecular complexity index is 626. The smallest absolute Gasteiger partial charge is 0.165 e. The van der Waals surface area contributed by atoms with Crippen LogP contribution in [0.5, 0.6) is 0 Å². The van der Waals surface area contributed by atoms with Crippen molar-refractivity contribution in [3.05, 3.63) is 76.2 Å². The molecule has 0 N–H and O–H groups in total. The summed E-state index contributed by atoms with van der Waals surface area (Å²) in [6, 6.07) is 11.9. The highest BCUT2D eigenvalue weighted by molar-refractivity contribution is 5.58. The summed E-state index contributed by atoms with van der Waals surface area (Å²) in [5.41, 5.74) is 3.32. The van der Waals surface area contributed by atoms with Crippen LogP contribution in [-0.4, -0.2) is 0 Å². The molecule has 0 spiro atoms. The number of hydrogen-bond acceptors (Lipinski definition) is 0. The van der Waals surface area contributed by atoms with Crippen LogP contribution in [0.1, 0.15) is 34.7 Å². The van der Waals surface area contributed by atoms with Gasteiger partial charge in [0.1, 0.15) is 0 Å². The molecule has 2 aromatic rings. The molecule has 19 heavy (non-hydrogen) atoms. The van der Waals surface area contributed by atoms with Gasteiger partial charge in [0.15, 0.2) is 0 Å². The van der Waals surface area contributed by atoms with E-state index in [1.165, 1.54) is 17.7 Å². The van der Waals surface area contributed by atoms with E-state index in [1.54, 1.807) is 6.07 Å². The number of rotatable bonds is 0. The molecule has 0 unspecified atom stereocenters. The molecule has 2 aromatic carbocycles. The first-order valence-corrected chi connectivity index (χ1v) is 6.09. The normalized spacial score (nSPS) is 14.0. The van der Waals surface area contributed by atoms with Crippen molar-refractivity contribution >= 4 is 0 Å². The first-order chi connectivity index (χ1) is 8.97. The van der Waals surface area contributed by atoms with Crippen LogP contribution in [0.25, 0.3) is 0 Å². The van der Waals surface area contributed by atoms with Crippen LogP contribution in [0.3, 0.4) is 0 Å². The van der Waals surface area contributed by atoms with E-state index in [0.717, 1.165) is 17.0 Å². The van der Waals surface area contributed by atoms with E-state index in [1.807, 2.05) is 31.2 Å². The molecule has 0 aromatic heterocycles. The number of halogens is 3. The van der Waals surface area contributed by atoms with E-state index < -0.39 is 11.7 Å². The summed E-state index contributed by atoms with van der Waals surface area (Å²) >= 11 is 0. The average Bonchev–Trinajstić information content (AvgIpc) is 2.37. The van der Waals surface area contributed by atoms with E-state index in [-0.39, 0.29) is 0 Å². The molecular formula is C16H12F3+. The van der Waals surface area contributed by atoms with Crippen molar-refractivity contribution in [1.29, 1.82) is 0 Å². The predicted molar refractivity (Wildman–Crippen MR) is 67.8 cm³/mol. The fraction of sp³-hybridized carbons (Fsp3) is 0.188. The zero-order valence-electron chi connectivity index (χ0n) is 10.4. The number of hydrogen-bond donors (Lipinski definition) is 0. The Hall–Kier alpha value is -1.90. The molecule has 0 saturated carbocycles. The lowest BCUT2D eigenvalue weighted by atomic mass is 9.78. The van der Waals surface area contributed by atoms with Gasteiger partial charge in [0.2, 0.25) is 0 Å². The Balaban J connectivity index is 2.11. The van der Waals surface area contributed by atoms with E-state index in [0.29, 0.717) is 12.0 Å². The van der Waals surface area contributed by atoms with Crippen LogP contribution < -0.4 is 0 Å². The van der Waals surface area contributed by atoms with Gasteiger partial charge in [-0.2, -0.15) is 13.2 Å². The third kappa shape index (κ3) is 1.99. The molecule has 0 fully saturated rings. The lowest BCUT2D eigenvalue weighted by molar-refractivity contribution is -0.137. The van der Waals surface area contributed by atoms with Gasteiger partial charge in [-0.15, -0.1) is 0 Å². The van der Waals surface area contributed by atoms with Gasteiger partial charge in [-0.1, -0.05) is 0 Å². The van der Waals surface area contributed by atoms with E-state index in [2.05, 4.69) is 0 Å². The van der Waals surface area contributed by atoms with Crippen molar-refractivity contribution in [2.45, 2.75) is 19.5 Å². The molecule has 0 heterocycles. The van der Waals surface area contributed by atoms with Crippen molar-refractivity contribution in [1.82, 2.24) is 0 Å².